The summed E-state index contributed by atoms with van der Waals surface area (Å²) in [4.78, 5) is 12.0. The number of benzene rings is 2. The average Bonchev–Trinajstić information content (AvgIpc) is 2.50. The molecule has 25 heavy (non-hydrogen) atoms. The molecule has 2 aromatic rings. The van der Waals surface area contributed by atoms with E-state index < -0.39 is 15.4 Å². The first-order valence-corrected chi connectivity index (χ1v) is 9.28. The number of hydrogen-bond acceptors (Lipinski definition) is 4. The standard InChI is InChI=1S/C17H19ClN2O4S/c1-17(2,3)16(22)19-14-10-11(8-9-15(14)21)25(23,24)20-13-7-5-4-6-12(13)18/h4-10,20-21H,1-3H3,(H,19,22). The van der Waals surface area contributed by atoms with E-state index in [4.69, 9.17) is 11.6 Å². The van der Waals surface area contributed by atoms with Gasteiger partial charge in [0.2, 0.25) is 5.91 Å². The lowest BCUT2D eigenvalue weighted by atomic mass is 9.95. The van der Waals surface area contributed by atoms with Crippen LogP contribution in [-0.4, -0.2) is 19.4 Å². The molecule has 0 unspecified atom stereocenters. The molecular formula is C17H19ClN2O4S. The van der Waals surface area contributed by atoms with Crippen LogP contribution in [0.5, 0.6) is 5.75 Å². The van der Waals surface area contributed by atoms with Gasteiger partial charge in [0.1, 0.15) is 5.75 Å². The summed E-state index contributed by atoms with van der Waals surface area (Å²) in [5.41, 5.74) is -0.448. The number of aromatic hydroxyl groups is 1. The van der Waals surface area contributed by atoms with Gasteiger partial charge in [0, 0.05) is 5.41 Å². The van der Waals surface area contributed by atoms with E-state index in [2.05, 4.69) is 10.0 Å². The summed E-state index contributed by atoms with van der Waals surface area (Å²) in [6.07, 6.45) is 0. The summed E-state index contributed by atoms with van der Waals surface area (Å²) in [7, 11) is -3.94. The highest BCUT2D eigenvalue weighted by molar-refractivity contribution is 7.92. The van der Waals surface area contributed by atoms with Gasteiger partial charge in [0.15, 0.2) is 0 Å². The molecule has 8 heteroatoms. The van der Waals surface area contributed by atoms with Crippen molar-refractivity contribution < 1.29 is 18.3 Å². The summed E-state index contributed by atoms with van der Waals surface area (Å²) in [5.74, 6) is -0.578. The molecule has 0 fully saturated rings. The fraction of sp³-hybridized carbons (Fsp3) is 0.235. The van der Waals surface area contributed by atoms with Gasteiger partial charge < -0.3 is 10.4 Å². The molecule has 0 saturated carbocycles. The molecule has 2 rings (SSSR count). The summed E-state index contributed by atoms with van der Waals surface area (Å²) in [5, 5.41) is 12.7. The van der Waals surface area contributed by atoms with Crippen molar-refractivity contribution in [1.82, 2.24) is 0 Å². The number of rotatable bonds is 4. The number of nitrogens with one attached hydrogen (secondary N) is 2. The molecule has 3 N–H and O–H groups in total. The molecule has 0 aliphatic carbocycles. The predicted octanol–water partition coefficient (Wildman–Crippen LogP) is 3.83. The molecular weight excluding hydrogens is 364 g/mol. The Morgan fingerprint density at radius 3 is 2.32 bits per heavy atom. The number of sulfonamides is 1. The van der Waals surface area contributed by atoms with Crippen LogP contribution in [-0.2, 0) is 14.8 Å². The van der Waals surface area contributed by atoms with Crippen LogP contribution in [0, 0.1) is 5.41 Å². The zero-order valence-corrected chi connectivity index (χ0v) is 15.6. The van der Waals surface area contributed by atoms with Crippen LogP contribution >= 0.6 is 11.6 Å². The lowest BCUT2D eigenvalue weighted by molar-refractivity contribution is -0.123. The van der Waals surface area contributed by atoms with E-state index in [1.54, 1.807) is 39.0 Å². The zero-order valence-electron chi connectivity index (χ0n) is 14.0. The van der Waals surface area contributed by atoms with Gasteiger partial charge in [-0.1, -0.05) is 44.5 Å². The number of hydrogen-bond donors (Lipinski definition) is 3. The second-order valence-corrected chi connectivity index (χ2v) is 8.56. The SMILES string of the molecule is CC(C)(C)C(=O)Nc1cc(S(=O)(=O)Nc2ccccc2Cl)ccc1O. The van der Waals surface area contributed by atoms with Crippen LogP contribution in [0.3, 0.4) is 0 Å². The molecule has 0 aromatic heterocycles. The first kappa shape index (κ1) is 19.1. The molecule has 2 aromatic carbocycles. The molecule has 0 atom stereocenters. The highest BCUT2D eigenvalue weighted by Crippen LogP contribution is 2.30. The molecule has 0 aliphatic rings. The average molecular weight is 383 g/mol. The fourth-order valence-corrected chi connectivity index (χ4v) is 3.18. The Kier molecular flexibility index (Phi) is 5.29. The van der Waals surface area contributed by atoms with E-state index >= 15 is 0 Å². The van der Waals surface area contributed by atoms with Gasteiger partial charge in [-0.05, 0) is 30.3 Å². The maximum atomic E-state index is 12.5. The van der Waals surface area contributed by atoms with E-state index in [1.807, 2.05) is 0 Å². The first-order chi connectivity index (χ1) is 11.5. The Bertz CT molecular complexity index is 905. The second kappa shape index (κ2) is 6.93. The van der Waals surface area contributed by atoms with Gasteiger partial charge in [0.25, 0.3) is 10.0 Å². The molecule has 134 valence electrons. The van der Waals surface area contributed by atoms with Gasteiger partial charge >= 0.3 is 0 Å². The molecule has 0 heterocycles. The van der Waals surface area contributed by atoms with E-state index in [-0.39, 0.29) is 32.9 Å². The Labute approximate surface area is 151 Å². The number of carbonyl (C=O) groups is 1. The minimum Gasteiger partial charge on any atom is -0.506 e. The van der Waals surface area contributed by atoms with Gasteiger partial charge in [-0.15, -0.1) is 0 Å². The number of carbonyl (C=O) groups excluding carboxylic acids is 1. The third-order valence-electron chi connectivity index (χ3n) is 3.33. The first-order valence-electron chi connectivity index (χ1n) is 7.42. The van der Waals surface area contributed by atoms with Crippen molar-refractivity contribution in [2.24, 2.45) is 5.41 Å². The molecule has 6 nitrogen and oxygen atoms in total. The maximum Gasteiger partial charge on any atom is 0.262 e. The number of para-hydroxylation sites is 1. The number of halogens is 1. The van der Waals surface area contributed by atoms with Gasteiger partial charge in [-0.25, -0.2) is 8.42 Å². The van der Waals surface area contributed by atoms with E-state index in [0.29, 0.717) is 0 Å². The lowest BCUT2D eigenvalue weighted by Crippen LogP contribution is -2.27. The summed E-state index contributed by atoms with van der Waals surface area (Å²) in [6.45, 7) is 5.12. The van der Waals surface area contributed by atoms with Crippen molar-refractivity contribution in [1.29, 1.82) is 0 Å². The van der Waals surface area contributed by atoms with Gasteiger partial charge in [0.05, 0.1) is 21.3 Å². The molecule has 0 radical (unpaired) electrons. The number of phenolic OH excluding ortho intramolecular Hbond substituents is 1. The Morgan fingerprint density at radius 1 is 1.08 bits per heavy atom. The Hall–Kier alpha value is -2.25. The van der Waals surface area contributed by atoms with Crippen molar-refractivity contribution in [2.75, 3.05) is 10.0 Å². The van der Waals surface area contributed by atoms with Crippen LogP contribution < -0.4 is 10.0 Å². The molecule has 1 amide bonds. The molecule has 0 aliphatic heterocycles. The predicted molar refractivity (Wildman–Crippen MR) is 98.5 cm³/mol. The molecule has 0 spiro atoms. The molecule has 0 saturated heterocycles. The van der Waals surface area contributed by atoms with E-state index in [1.165, 1.54) is 24.3 Å². The third-order valence-corrected chi connectivity index (χ3v) is 5.02. The normalized spacial score (nSPS) is 11.8. The van der Waals surface area contributed by atoms with Crippen molar-refractivity contribution in [3.63, 3.8) is 0 Å². The maximum absolute atomic E-state index is 12.5. The largest absolute Gasteiger partial charge is 0.506 e. The van der Waals surface area contributed by atoms with Crippen LogP contribution in [0.2, 0.25) is 5.02 Å². The van der Waals surface area contributed by atoms with Crippen molar-refractivity contribution >= 4 is 38.9 Å². The summed E-state index contributed by atoms with van der Waals surface area (Å²) in [6, 6.07) is 10.1. The van der Waals surface area contributed by atoms with Crippen LogP contribution in [0.1, 0.15) is 20.8 Å². The minimum atomic E-state index is -3.94. The minimum absolute atomic E-state index is 0.0157. The van der Waals surface area contributed by atoms with E-state index in [9.17, 15) is 18.3 Å². The van der Waals surface area contributed by atoms with Crippen molar-refractivity contribution in [3.8, 4) is 5.75 Å². The topological polar surface area (TPSA) is 95.5 Å². The smallest absolute Gasteiger partial charge is 0.262 e. The second-order valence-electron chi connectivity index (χ2n) is 6.47. The third kappa shape index (κ3) is 4.64. The van der Waals surface area contributed by atoms with Crippen LogP contribution in [0.25, 0.3) is 0 Å². The number of phenols is 1. The highest BCUT2D eigenvalue weighted by Gasteiger charge is 2.23. The van der Waals surface area contributed by atoms with Gasteiger partial charge in [-0.3, -0.25) is 9.52 Å². The van der Waals surface area contributed by atoms with Crippen LogP contribution in [0.4, 0.5) is 11.4 Å². The van der Waals surface area contributed by atoms with Crippen molar-refractivity contribution in [3.05, 3.63) is 47.5 Å². The monoisotopic (exact) mass is 382 g/mol. The lowest BCUT2D eigenvalue weighted by Gasteiger charge is -2.18. The Morgan fingerprint density at radius 2 is 1.72 bits per heavy atom. The zero-order chi connectivity index (χ0) is 18.8. The van der Waals surface area contributed by atoms with Gasteiger partial charge in [-0.2, -0.15) is 0 Å². The number of amides is 1. The Balaban J connectivity index is 2.35. The fourth-order valence-electron chi connectivity index (χ4n) is 1.84. The summed E-state index contributed by atoms with van der Waals surface area (Å²) < 4.78 is 27.5. The van der Waals surface area contributed by atoms with Crippen molar-refractivity contribution in [2.45, 2.75) is 25.7 Å². The highest BCUT2D eigenvalue weighted by atomic mass is 35.5. The quantitative estimate of drug-likeness (QED) is 0.700. The number of anilines is 2. The molecule has 0 bridgehead atoms. The summed E-state index contributed by atoms with van der Waals surface area (Å²) >= 11 is 5.97. The van der Waals surface area contributed by atoms with E-state index in [0.717, 1.165) is 0 Å². The van der Waals surface area contributed by atoms with Crippen LogP contribution in [0.15, 0.2) is 47.4 Å².